The molecule has 2 aromatic rings. The summed E-state index contributed by atoms with van der Waals surface area (Å²) >= 11 is 0. The molecule has 0 saturated carbocycles. The summed E-state index contributed by atoms with van der Waals surface area (Å²) in [5.41, 5.74) is 1.39. The van der Waals surface area contributed by atoms with E-state index in [1.807, 2.05) is 13.8 Å². The van der Waals surface area contributed by atoms with Gasteiger partial charge in [-0.05, 0) is 48.7 Å². The van der Waals surface area contributed by atoms with E-state index in [2.05, 4.69) is 5.32 Å². The fourth-order valence-electron chi connectivity index (χ4n) is 2.88. The molecule has 0 aromatic heterocycles. The van der Waals surface area contributed by atoms with E-state index in [-0.39, 0.29) is 36.4 Å². The number of hydrogen-bond acceptors (Lipinski definition) is 2. The smallest absolute Gasteiger partial charge is 0.242 e. The number of carbonyl (C=O) groups excluding carboxylic acids is 2. The van der Waals surface area contributed by atoms with Crippen LogP contribution in [0.1, 0.15) is 31.4 Å². The predicted molar refractivity (Wildman–Crippen MR) is 99.8 cm³/mol. The minimum absolute atomic E-state index is 0.0530. The van der Waals surface area contributed by atoms with Gasteiger partial charge in [0.05, 0.1) is 6.42 Å². The van der Waals surface area contributed by atoms with Crippen molar-refractivity contribution in [2.45, 2.75) is 39.3 Å². The zero-order valence-corrected chi connectivity index (χ0v) is 15.5. The van der Waals surface area contributed by atoms with E-state index in [0.29, 0.717) is 18.5 Å². The molecule has 0 unspecified atom stereocenters. The molecule has 1 atom stereocenters. The van der Waals surface area contributed by atoms with Crippen LogP contribution >= 0.6 is 0 Å². The van der Waals surface area contributed by atoms with E-state index < -0.39 is 6.04 Å². The Morgan fingerprint density at radius 1 is 0.926 bits per heavy atom. The number of benzene rings is 2. The largest absolute Gasteiger partial charge is 0.355 e. The fraction of sp³-hybridized carbons (Fsp3) is 0.333. The van der Waals surface area contributed by atoms with Crippen LogP contribution in [-0.4, -0.2) is 29.3 Å². The van der Waals surface area contributed by atoms with Crippen molar-refractivity contribution in [1.29, 1.82) is 0 Å². The molecule has 0 radical (unpaired) electrons. The van der Waals surface area contributed by atoms with Gasteiger partial charge in [0.2, 0.25) is 11.8 Å². The number of hydrogen-bond donors (Lipinski definition) is 1. The van der Waals surface area contributed by atoms with E-state index in [0.717, 1.165) is 5.56 Å². The standard InChI is InChI=1S/C21H24F2N2O2/c1-3-19(21(27)24-4-2)25(14-16-7-11-18(23)12-8-16)20(26)13-15-5-9-17(22)10-6-15/h5-12,19H,3-4,13-14H2,1-2H3,(H,24,27)/t19-/m1/s1. The van der Waals surface area contributed by atoms with E-state index in [9.17, 15) is 18.4 Å². The Balaban J connectivity index is 2.25. The van der Waals surface area contributed by atoms with E-state index in [1.165, 1.54) is 29.2 Å². The molecule has 0 bridgehead atoms. The molecule has 0 fully saturated rings. The Morgan fingerprint density at radius 3 is 1.93 bits per heavy atom. The second kappa shape index (κ2) is 9.80. The summed E-state index contributed by atoms with van der Waals surface area (Å²) in [5.74, 6) is -1.21. The van der Waals surface area contributed by atoms with Crippen LogP contribution in [0.15, 0.2) is 48.5 Å². The number of amides is 2. The van der Waals surface area contributed by atoms with Crippen molar-refractivity contribution >= 4 is 11.8 Å². The SMILES string of the molecule is CCNC(=O)[C@@H](CC)N(Cc1ccc(F)cc1)C(=O)Cc1ccc(F)cc1. The molecular formula is C21H24F2N2O2. The maximum atomic E-state index is 13.2. The molecule has 0 saturated heterocycles. The Bertz CT molecular complexity index is 761. The lowest BCUT2D eigenvalue weighted by Gasteiger charge is -2.30. The van der Waals surface area contributed by atoms with Crippen LogP contribution in [0, 0.1) is 11.6 Å². The highest BCUT2D eigenvalue weighted by molar-refractivity contribution is 5.88. The number of likely N-dealkylation sites (N-methyl/N-ethyl adjacent to an activating group) is 1. The quantitative estimate of drug-likeness (QED) is 0.769. The van der Waals surface area contributed by atoms with Crippen molar-refractivity contribution in [2.24, 2.45) is 0 Å². The van der Waals surface area contributed by atoms with Crippen molar-refractivity contribution in [1.82, 2.24) is 10.2 Å². The van der Waals surface area contributed by atoms with Crippen LogP contribution < -0.4 is 5.32 Å². The third-order valence-electron chi connectivity index (χ3n) is 4.27. The summed E-state index contributed by atoms with van der Waals surface area (Å²) in [4.78, 5) is 26.9. The Kier molecular flexibility index (Phi) is 7.46. The van der Waals surface area contributed by atoms with Crippen molar-refractivity contribution in [3.05, 3.63) is 71.3 Å². The molecule has 1 N–H and O–H groups in total. The van der Waals surface area contributed by atoms with Crippen LogP contribution in [0.4, 0.5) is 8.78 Å². The molecule has 144 valence electrons. The van der Waals surface area contributed by atoms with Crippen molar-refractivity contribution in [2.75, 3.05) is 6.54 Å². The van der Waals surface area contributed by atoms with E-state index in [4.69, 9.17) is 0 Å². The zero-order chi connectivity index (χ0) is 19.8. The molecule has 6 heteroatoms. The number of halogens is 2. The summed E-state index contributed by atoms with van der Waals surface area (Å²) in [7, 11) is 0. The summed E-state index contributed by atoms with van der Waals surface area (Å²) in [6.45, 7) is 4.31. The molecule has 27 heavy (non-hydrogen) atoms. The molecule has 0 aliphatic carbocycles. The highest BCUT2D eigenvalue weighted by Crippen LogP contribution is 2.15. The average molecular weight is 374 g/mol. The number of carbonyl (C=O) groups is 2. The molecule has 4 nitrogen and oxygen atoms in total. The molecule has 2 aromatic carbocycles. The van der Waals surface area contributed by atoms with Crippen molar-refractivity contribution in [3.63, 3.8) is 0 Å². The minimum atomic E-state index is -0.636. The molecular weight excluding hydrogens is 350 g/mol. The average Bonchev–Trinajstić information content (AvgIpc) is 2.65. The summed E-state index contributed by atoms with van der Waals surface area (Å²) < 4.78 is 26.3. The molecule has 0 aliphatic heterocycles. The number of nitrogens with zero attached hydrogens (tertiary/aromatic N) is 1. The van der Waals surface area contributed by atoms with Gasteiger partial charge in [0.1, 0.15) is 17.7 Å². The molecule has 0 aliphatic rings. The van der Waals surface area contributed by atoms with Crippen LogP contribution in [0.5, 0.6) is 0 Å². The second-order valence-corrected chi connectivity index (χ2v) is 6.27. The van der Waals surface area contributed by atoms with Gasteiger partial charge in [-0.1, -0.05) is 31.2 Å². The van der Waals surface area contributed by atoms with Gasteiger partial charge in [-0.15, -0.1) is 0 Å². The summed E-state index contributed by atoms with van der Waals surface area (Å²) in [6, 6.07) is 10.9. The minimum Gasteiger partial charge on any atom is -0.355 e. The Labute approximate surface area is 158 Å². The third kappa shape index (κ3) is 5.88. The maximum absolute atomic E-state index is 13.2. The maximum Gasteiger partial charge on any atom is 0.242 e. The Morgan fingerprint density at radius 2 is 1.44 bits per heavy atom. The summed E-state index contributed by atoms with van der Waals surface area (Å²) in [5, 5.41) is 2.76. The van der Waals surface area contributed by atoms with Crippen LogP contribution in [0.2, 0.25) is 0 Å². The lowest BCUT2D eigenvalue weighted by molar-refractivity contribution is -0.140. The highest BCUT2D eigenvalue weighted by atomic mass is 19.1. The van der Waals surface area contributed by atoms with Gasteiger partial charge in [-0.3, -0.25) is 9.59 Å². The third-order valence-corrected chi connectivity index (χ3v) is 4.27. The normalized spacial score (nSPS) is 11.7. The lowest BCUT2D eigenvalue weighted by Crippen LogP contribution is -2.49. The van der Waals surface area contributed by atoms with Gasteiger partial charge in [0.15, 0.2) is 0 Å². The van der Waals surface area contributed by atoms with Gasteiger partial charge < -0.3 is 10.2 Å². The predicted octanol–water partition coefficient (Wildman–Crippen LogP) is 3.45. The van der Waals surface area contributed by atoms with Gasteiger partial charge in [-0.25, -0.2) is 8.78 Å². The number of nitrogens with one attached hydrogen (secondary N) is 1. The first-order chi connectivity index (χ1) is 12.9. The van der Waals surface area contributed by atoms with E-state index >= 15 is 0 Å². The first-order valence-corrected chi connectivity index (χ1v) is 9.00. The first kappa shape index (κ1) is 20.6. The first-order valence-electron chi connectivity index (χ1n) is 9.00. The van der Waals surface area contributed by atoms with Gasteiger partial charge in [0, 0.05) is 13.1 Å². The molecule has 0 spiro atoms. The molecule has 0 heterocycles. The van der Waals surface area contributed by atoms with Gasteiger partial charge in [-0.2, -0.15) is 0 Å². The number of rotatable bonds is 8. The van der Waals surface area contributed by atoms with E-state index in [1.54, 1.807) is 24.3 Å². The lowest BCUT2D eigenvalue weighted by atomic mass is 10.1. The zero-order valence-electron chi connectivity index (χ0n) is 15.5. The van der Waals surface area contributed by atoms with Crippen LogP contribution in [0.3, 0.4) is 0 Å². The molecule has 2 amide bonds. The molecule has 2 rings (SSSR count). The summed E-state index contributed by atoms with van der Waals surface area (Å²) in [6.07, 6.45) is 0.500. The van der Waals surface area contributed by atoms with Crippen molar-refractivity contribution < 1.29 is 18.4 Å². The topological polar surface area (TPSA) is 49.4 Å². The second-order valence-electron chi connectivity index (χ2n) is 6.27. The highest BCUT2D eigenvalue weighted by Gasteiger charge is 2.28. The Hall–Kier alpha value is -2.76. The monoisotopic (exact) mass is 374 g/mol. The van der Waals surface area contributed by atoms with Gasteiger partial charge >= 0.3 is 0 Å². The van der Waals surface area contributed by atoms with Crippen molar-refractivity contribution in [3.8, 4) is 0 Å². The van der Waals surface area contributed by atoms with Crippen LogP contribution in [0.25, 0.3) is 0 Å². The van der Waals surface area contributed by atoms with Crippen LogP contribution in [-0.2, 0) is 22.6 Å². The van der Waals surface area contributed by atoms with Gasteiger partial charge in [0.25, 0.3) is 0 Å². The fourth-order valence-corrected chi connectivity index (χ4v) is 2.88.